The molecule has 0 amide bonds. The summed E-state index contributed by atoms with van der Waals surface area (Å²) in [6.45, 7) is 2.08. The average Bonchev–Trinajstić information content (AvgIpc) is 2.53. The molecule has 5 heteroatoms. The molecule has 0 spiro atoms. The van der Waals surface area contributed by atoms with Crippen molar-refractivity contribution in [1.82, 2.24) is 9.36 Å². The number of rotatable bonds is 5. The summed E-state index contributed by atoms with van der Waals surface area (Å²) in [6.07, 6.45) is 2.13. The molecule has 12 heavy (non-hydrogen) atoms. The van der Waals surface area contributed by atoms with E-state index in [2.05, 4.69) is 32.2 Å². The molecule has 1 aromatic heterocycles. The van der Waals surface area contributed by atoms with Crippen molar-refractivity contribution in [2.75, 3.05) is 11.1 Å². The summed E-state index contributed by atoms with van der Waals surface area (Å²) in [5, 5.41) is 1.07. The maximum Gasteiger partial charge on any atom is 0.170 e. The highest BCUT2D eigenvalue weighted by atomic mass is 79.9. The number of nitrogens with zero attached hydrogens (tertiary/aromatic N) is 2. The molecule has 68 valence electrons. The smallest absolute Gasteiger partial charge is 0.170 e. The zero-order valence-corrected chi connectivity index (χ0v) is 10.1. The molecule has 1 aromatic rings. The number of halogens is 1. The Balaban J connectivity index is 2.31. The van der Waals surface area contributed by atoms with Gasteiger partial charge < -0.3 is 0 Å². The van der Waals surface area contributed by atoms with Gasteiger partial charge in [-0.15, -0.1) is 0 Å². The van der Waals surface area contributed by atoms with Crippen LogP contribution in [0.5, 0.6) is 0 Å². The normalized spacial score (nSPS) is 10.5. The van der Waals surface area contributed by atoms with Crippen molar-refractivity contribution < 1.29 is 0 Å². The van der Waals surface area contributed by atoms with E-state index in [0.717, 1.165) is 27.7 Å². The van der Waals surface area contributed by atoms with E-state index in [1.807, 2.05) is 0 Å². The van der Waals surface area contributed by atoms with E-state index in [-0.39, 0.29) is 0 Å². The molecule has 2 nitrogen and oxygen atoms in total. The molecule has 0 radical (unpaired) electrons. The van der Waals surface area contributed by atoms with Crippen LogP contribution in [0.1, 0.15) is 19.2 Å². The first kappa shape index (κ1) is 10.5. The van der Waals surface area contributed by atoms with E-state index in [1.165, 1.54) is 18.0 Å². The number of aromatic nitrogens is 2. The molecule has 0 aliphatic rings. The third kappa shape index (κ3) is 3.41. The van der Waals surface area contributed by atoms with Crippen molar-refractivity contribution in [3.05, 3.63) is 5.82 Å². The lowest BCUT2D eigenvalue weighted by Gasteiger charge is -1.91. The van der Waals surface area contributed by atoms with E-state index in [1.54, 1.807) is 11.8 Å². The second-order valence-corrected chi connectivity index (χ2v) is 5.11. The zero-order chi connectivity index (χ0) is 8.81. The van der Waals surface area contributed by atoms with Gasteiger partial charge in [0, 0.05) is 17.5 Å². The van der Waals surface area contributed by atoms with Gasteiger partial charge in [-0.2, -0.15) is 4.37 Å². The van der Waals surface area contributed by atoms with Gasteiger partial charge in [0.05, 0.1) is 0 Å². The van der Waals surface area contributed by atoms with Gasteiger partial charge in [0.15, 0.2) is 4.34 Å². The summed E-state index contributed by atoms with van der Waals surface area (Å²) in [6, 6.07) is 0. The first-order valence-corrected chi connectivity index (χ1v) is 6.76. The standard InChI is InChI=1S/C7H11BrN2S2/c1-2-6-9-7(12-10-6)11-5-3-4-8/h2-5H2,1H3. The molecule has 0 N–H and O–H groups in total. The molecule has 0 aliphatic heterocycles. The van der Waals surface area contributed by atoms with Crippen LogP contribution in [-0.2, 0) is 6.42 Å². The van der Waals surface area contributed by atoms with Crippen molar-refractivity contribution in [3.8, 4) is 0 Å². The van der Waals surface area contributed by atoms with Crippen LogP contribution >= 0.6 is 39.2 Å². The van der Waals surface area contributed by atoms with Crippen LogP contribution < -0.4 is 0 Å². The van der Waals surface area contributed by atoms with Crippen LogP contribution in [0.25, 0.3) is 0 Å². The largest absolute Gasteiger partial charge is 0.213 e. The Hall–Kier alpha value is 0.390. The Morgan fingerprint density at radius 1 is 1.58 bits per heavy atom. The number of hydrogen-bond donors (Lipinski definition) is 0. The van der Waals surface area contributed by atoms with Crippen molar-refractivity contribution in [1.29, 1.82) is 0 Å². The molecular weight excluding hydrogens is 256 g/mol. The zero-order valence-electron chi connectivity index (χ0n) is 6.92. The van der Waals surface area contributed by atoms with E-state index in [0.29, 0.717) is 0 Å². The monoisotopic (exact) mass is 266 g/mol. The summed E-state index contributed by atoms with van der Waals surface area (Å²) < 4.78 is 5.32. The third-order valence-corrected chi connectivity index (χ3v) is 3.79. The van der Waals surface area contributed by atoms with Gasteiger partial charge in [-0.05, 0) is 18.0 Å². The van der Waals surface area contributed by atoms with Crippen LogP contribution in [0.4, 0.5) is 0 Å². The van der Waals surface area contributed by atoms with Gasteiger partial charge in [0.2, 0.25) is 0 Å². The topological polar surface area (TPSA) is 25.8 Å². The highest BCUT2D eigenvalue weighted by molar-refractivity contribution is 9.09. The Bertz CT molecular complexity index is 227. The minimum absolute atomic E-state index is 0.940. The van der Waals surface area contributed by atoms with Crippen LogP contribution in [0.15, 0.2) is 4.34 Å². The second kappa shape index (κ2) is 5.94. The van der Waals surface area contributed by atoms with E-state index >= 15 is 0 Å². The van der Waals surface area contributed by atoms with E-state index in [9.17, 15) is 0 Å². The van der Waals surface area contributed by atoms with E-state index in [4.69, 9.17) is 0 Å². The lowest BCUT2D eigenvalue weighted by Crippen LogP contribution is -1.82. The summed E-state index contributed by atoms with van der Waals surface area (Å²) in [5.74, 6) is 2.10. The van der Waals surface area contributed by atoms with Crippen molar-refractivity contribution in [3.63, 3.8) is 0 Å². The quantitative estimate of drug-likeness (QED) is 0.466. The first-order valence-electron chi connectivity index (χ1n) is 3.88. The molecule has 1 rings (SSSR count). The molecule has 0 aliphatic carbocycles. The average molecular weight is 267 g/mol. The highest BCUT2D eigenvalue weighted by Gasteiger charge is 2.01. The minimum atomic E-state index is 0.940. The predicted octanol–water partition coefficient (Wildman–Crippen LogP) is 2.98. The second-order valence-electron chi connectivity index (χ2n) is 2.22. The molecule has 0 bridgehead atoms. The van der Waals surface area contributed by atoms with Crippen LogP contribution in [0, 0.1) is 0 Å². The van der Waals surface area contributed by atoms with Crippen molar-refractivity contribution >= 4 is 39.2 Å². The Labute approximate surface area is 89.5 Å². The molecular formula is C7H11BrN2S2. The van der Waals surface area contributed by atoms with Crippen LogP contribution in [0.2, 0.25) is 0 Å². The predicted molar refractivity (Wildman–Crippen MR) is 58.4 cm³/mol. The Morgan fingerprint density at radius 2 is 2.42 bits per heavy atom. The van der Waals surface area contributed by atoms with Gasteiger partial charge in [-0.1, -0.05) is 34.6 Å². The van der Waals surface area contributed by atoms with Gasteiger partial charge >= 0.3 is 0 Å². The lowest BCUT2D eigenvalue weighted by atomic mass is 10.5. The SMILES string of the molecule is CCc1nsc(SCCCBr)n1. The molecule has 0 atom stereocenters. The number of aryl methyl sites for hydroxylation is 1. The van der Waals surface area contributed by atoms with Gasteiger partial charge in [-0.25, -0.2) is 4.98 Å². The van der Waals surface area contributed by atoms with Gasteiger partial charge in [0.1, 0.15) is 5.82 Å². The van der Waals surface area contributed by atoms with Crippen LogP contribution in [-0.4, -0.2) is 20.4 Å². The van der Waals surface area contributed by atoms with Gasteiger partial charge in [0.25, 0.3) is 0 Å². The van der Waals surface area contributed by atoms with Crippen LogP contribution in [0.3, 0.4) is 0 Å². The maximum atomic E-state index is 4.36. The van der Waals surface area contributed by atoms with Crippen molar-refractivity contribution in [2.45, 2.75) is 24.1 Å². The molecule has 0 aromatic carbocycles. The Morgan fingerprint density at radius 3 is 3.00 bits per heavy atom. The number of hydrogen-bond acceptors (Lipinski definition) is 4. The third-order valence-electron chi connectivity index (χ3n) is 1.27. The molecule has 0 saturated carbocycles. The van der Waals surface area contributed by atoms with Gasteiger partial charge in [-0.3, -0.25) is 0 Å². The fourth-order valence-electron chi connectivity index (χ4n) is 0.654. The summed E-state index contributed by atoms with van der Waals surface area (Å²) >= 11 is 6.70. The number of alkyl halides is 1. The van der Waals surface area contributed by atoms with E-state index < -0.39 is 0 Å². The lowest BCUT2D eigenvalue weighted by molar-refractivity contribution is 0.970. The summed E-state index contributed by atoms with van der Waals surface area (Å²) in [5.41, 5.74) is 0. The van der Waals surface area contributed by atoms with Crippen molar-refractivity contribution in [2.24, 2.45) is 0 Å². The number of thioether (sulfide) groups is 1. The maximum absolute atomic E-state index is 4.36. The Kier molecular flexibility index (Phi) is 5.18. The summed E-state index contributed by atoms with van der Waals surface area (Å²) in [7, 11) is 0. The fourth-order valence-corrected chi connectivity index (χ4v) is 3.01. The molecule has 0 unspecified atom stereocenters. The first-order chi connectivity index (χ1) is 5.86. The molecule has 0 fully saturated rings. The fraction of sp³-hybridized carbons (Fsp3) is 0.714. The summed E-state index contributed by atoms with van der Waals surface area (Å²) in [4.78, 5) is 4.36. The minimum Gasteiger partial charge on any atom is -0.213 e. The molecule has 1 heterocycles. The molecule has 0 saturated heterocycles. The highest BCUT2D eigenvalue weighted by Crippen LogP contribution is 2.20.